The number of hydrogen-bond acceptors (Lipinski definition) is 5. The summed E-state index contributed by atoms with van der Waals surface area (Å²) < 4.78 is 10.4. The molecular weight excluding hydrogens is 360 g/mol. The predicted molar refractivity (Wildman–Crippen MR) is 103 cm³/mol. The van der Waals surface area contributed by atoms with Crippen LogP contribution in [-0.2, 0) is 10.5 Å². The fourth-order valence-corrected chi connectivity index (χ4v) is 2.88. The third kappa shape index (κ3) is 6.32. The van der Waals surface area contributed by atoms with Gasteiger partial charge in [-0.15, -0.1) is 11.8 Å². The average molecular weight is 379 g/mol. The van der Waals surface area contributed by atoms with Gasteiger partial charge in [0.1, 0.15) is 11.5 Å². The molecule has 0 atom stereocenters. The highest BCUT2D eigenvalue weighted by Gasteiger charge is 2.04. The summed E-state index contributed by atoms with van der Waals surface area (Å²) in [6.07, 6.45) is 1.54. The van der Waals surface area contributed by atoms with Crippen LogP contribution >= 0.6 is 23.4 Å². The van der Waals surface area contributed by atoms with Crippen LogP contribution in [0, 0.1) is 0 Å². The normalized spacial score (nSPS) is 10.7. The summed E-state index contributed by atoms with van der Waals surface area (Å²) >= 11 is 7.35. The first-order valence-electron chi connectivity index (χ1n) is 7.48. The Kier molecular flexibility index (Phi) is 7.63. The van der Waals surface area contributed by atoms with Crippen LogP contribution in [0.4, 0.5) is 0 Å². The number of nitrogens with one attached hydrogen (secondary N) is 1. The van der Waals surface area contributed by atoms with E-state index in [0.717, 1.165) is 16.9 Å². The molecular formula is C18H19ClN2O3S. The topological polar surface area (TPSA) is 59.9 Å². The van der Waals surface area contributed by atoms with Gasteiger partial charge >= 0.3 is 0 Å². The van der Waals surface area contributed by atoms with E-state index in [4.69, 9.17) is 21.1 Å². The standard InChI is InChI=1S/C18H19ClN2O3S/c1-23-16-8-5-14(17(9-16)24-2)10-20-21-18(22)12-25-11-13-3-6-15(19)7-4-13/h3-10H,11-12H2,1-2H3,(H,21,22)/b20-10+. The summed E-state index contributed by atoms with van der Waals surface area (Å²) in [4.78, 5) is 11.8. The zero-order valence-electron chi connectivity index (χ0n) is 14.0. The lowest BCUT2D eigenvalue weighted by Gasteiger charge is -2.07. The van der Waals surface area contributed by atoms with Crippen LogP contribution in [-0.4, -0.2) is 32.1 Å². The van der Waals surface area contributed by atoms with Crippen LogP contribution < -0.4 is 14.9 Å². The largest absolute Gasteiger partial charge is 0.497 e. The predicted octanol–water partition coefficient (Wildman–Crippen LogP) is 3.74. The quantitative estimate of drug-likeness (QED) is 0.561. The highest BCUT2D eigenvalue weighted by atomic mass is 35.5. The van der Waals surface area contributed by atoms with E-state index in [1.165, 1.54) is 11.8 Å². The van der Waals surface area contributed by atoms with Gasteiger partial charge in [-0.25, -0.2) is 5.43 Å². The van der Waals surface area contributed by atoms with Crippen LogP contribution in [0.15, 0.2) is 47.6 Å². The molecule has 5 nitrogen and oxygen atoms in total. The van der Waals surface area contributed by atoms with Crippen LogP contribution in [0.25, 0.3) is 0 Å². The lowest BCUT2D eigenvalue weighted by molar-refractivity contribution is -0.118. The average Bonchev–Trinajstić information content (AvgIpc) is 2.63. The minimum Gasteiger partial charge on any atom is -0.497 e. The SMILES string of the molecule is COc1ccc(/C=N/NC(=O)CSCc2ccc(Cl)cc2)c(OC)c1. The Labute approximate surface area is 156 Å². The molecule has 2 aromatic carbocycles. The monoisotopic (exact) mass is 378 g/mol. The number of rotatable bonds is 8. The van der Waals surface area contributed by atoms with Gasteiger partial charge in [-0.1, -0.05) is 23.7 Å². The van der Waals surface area contributed by atoms with Gasteiger partial charge in [0.15, 0.2) is 0 Å². The number of methoxy groups -OCH3 is 2. The summed E-state index contributed by atoms with van der Waals surface area (Å²) in [5, 5.41) is 4.67. The molecule has 7 heteroatoms. The Balaban J connectivity index is 1.79. The lowest BCUT2D eigenvalue weighted by Crippen LogP contribution is -2.19. The van der Waals surface area contributed by atoms with Crippen LogP contribution in [0.5, 0.6) is 11.5 Å². The van der Waals surface area contributed by atoms with Crippen molar-refractivity contribution >= 4 is 35.5 Å². The fourth-order valence-electron chi connectivity index (χ4n) is 1.97. The summed E-state index contributed by atoms with van der Waals surface area (Å²) in [5.74, 6) is 2.20. The molecule has 1 amide bonds. The summed E-state index contributed by atoms with van der Waals surface area (Å²) in [5.41, 5.74) is 4.37. The maximum atomic E-state index is 11.8. The van der Waals surface area contributed by atoms with Crippen LogP contribution in [0.3, 0.4) is 0 Å². The first kappa shape index (κ1) is 19.1. The van der Waals surface area contributed by atoms with E-state index >= 15 is 0 Å². The van der Waals surface area contributed by atoms with E-state index in [9.17, 15) is 4.79 Å². The number of amides is 1. The number of halogens is 1. The molecule has 132 valence electrons. The van der Waals surface area contributed by atoms with Gasteiger partial charge in [0, 0.05) is 22.4 Å². The van der Waals surface area contributed by atoms with E-state index in [-0.39, 0.29) is 5.91 Å². The molecule has 0 bridgehead atoms. The molecule has 0 aliphatic heterocycles. The molecule has 2 rings (SSSR count). The summed E-state index contributed by atoms with van der Waals surface area (Å²) in [6.45, 7) is 0. The molecule has 0 unspecified atom stereocenters. The Hall–Kier alpha value is -2.18. The van der Waals surface area contributed by atoms with E-state index < -0.39 is 0 Å². The van der Waals surface area contributed by atoms with E-state index in [2.05, 4.69) is 10.5 Å². The van der Waals surface area contributed by atoms with Crippen molar-refractivity contribution in [2.45, 2.75) is 5.75 Å². The van der Waals surface area contributed by atoms with Gasteiger partial charge in [0.2, 0.25) is 5.91 Å². The number of ether oxygens (including phenoxy) is 2. The zero-order valence-corrected chi connectivity index (χ0v) is 15.6. The molecule has 0 saturated carbocycles. The Morgan fingerprint density at radius 2 is 1.96 bits per heavy atom. The van der Waals surface area contributed by atoms with Crippen molar-refractivity contribution in [3.8, 4) is 11.5 Å². The second-order valence-corrected chi connectivity index (χ2v) is 6.44. The number of carbonyl (C=O) groups excluding carboxylic acids is 1. The van der Waals surface area contributed by atoms with Crippen LogP contribution in [0.2, 0.25) is 5.02 Å². The van der Waals surface area contributed by atoms with E-state index in [1.807, 2.05) is 30.3 Å². The minimum atomic E-state index is -0.164. The highest BCUT2D eigenvalue weighted by Crippen LogP contribution is 2.23. The first-order valence-corrected chi connectivity index (χ1v) is 9.01. The summed E-state index contributed by atoms with van der Waals surface area (Å²) in [6, 6.07) is 12.9. The molecule has 25 heavy (non-hydrogen) atoms. The molecule has 2 aromatic rings. The Bertz CT molecular complexity index is 736. The Morgan fingerprint density at radius 3 is 2.64 bits per heavy atom. The third-order valence-corrected chi connectivity index (χ3v) is 4.50. The van der Waals surface area contributed by atoms with Crippen LogP contribution in [0.1, 0.15) is 11.1 Å². The maximum absolute atomic E-state index is 11.8. The lowest BCUT2D eigenvalue weighted by atomic mass is 10.2. The third-order valence-electron chi connectivity index (χ3n) is 3.25. The van der Waals surface area contributed by atoms with Gasteiger partial charge in [0.25, 0.3) is 0 Å². The van der Waals surface area contributed by atoms with E-state index in [0.29, 0.717) is 22.3 Å². The maximum Gasteiger partial charge on any atom is 0.250 e. The minimum absolute atomic E-state index is 0.164. The Morgan fingerprint density at radius 1 is 1.20 bits per heavy atom. The number of benzene rings is 2. The van der Waals surface area contributed by atoms with Crippen molar-refractivity contribution in [1.29, 1.82) is 0 Å². The number of hydrazone groups is 1. The molecule has 0 heterocycles. The van der Waals surface area contributed by atoms with Crippen molar-refractivity contribution in [3.05, 3.63) is 58.6 Å². The number of carbonyl (C=O) groups is 1. The van der Waals surface area contributed by atoms with Gasteiger partial charge < -0.3 is 9.47 Å². The second kappa shape index (κ2) is 9.96. The fraction of sp³-hybridized carbons (Fsp3) is 0.222. The zero-order chi connectivity index (χ0) is 18.1. The molecule has 1 N–H and O–H groups in total. The molecule has 0 aromatic heterocycles. The summed E-state index contributed by atoms with van der Waals surface area (Å²) in [7, 11) is 3.16. The smallest absolute Gasteiger partial charge is 0.250 e. The molecule has 0 saturated heterocycles. The molecule has 0 radical (unpaired) electrons. The molecule has 0 aliphatic rings. The van der Waals surface area contributed by atoms with Crippen molar-refractivity contribution in [1.82, 2.24) is 5.43 Å². The van der Waals surface area contributed by atoms with Crippen molar-refractivity contribution in [2.24, 2.45) is 5.10 Å². The van der Waals surface area contributed by atoms with Gasteiger partial charge in [-0.3, -0.25) is 4.79 Å². The first-order chi connectivity index (χ1) is 12.1. The number of thioether (sulfide) groups is 1. The van der Waals surface area contributed by atoms with Gasteiger partial charge in [0.05, 0.1) is 26.2 Å². The van der Waals surface area contributed by atoms with Crippen molar-refractivity contribution in [3.63, 3.8) is 0 Å². The molecule has 0 spiro atoms. The van der Waals surface area contributed by atoms with Gasteiger partial charge in [-0.05, 0) is 29.8 Å². The number of nitrogens with zero attached hydrogens (tertiary/aromatic N) is 1. The van der Waals surface area contributed by atoms with Crippen molar-refractivity contribution in [2.75, 3.05) is 20.0 Å². The number of hydrogen-bond donors (Lipinski definition) is 1. The van der Waals surface area contributed by atoms with E-state index in [1.54, 1.807) is 32.6 Å². The molecule has 0 fully saturated rings. The van der Waals surface area contributed by atoms with Crippen molar-refractivity contribution < 1.29 is 14.3 Å². The highest BCUT2D eigenvalue weighted by molar-refractivity contribution is 7.99. The van der Waals surface area contributed by atoms with Gasteiger partial charge in [-0.2, -0.15) is 5.10 Å². The molecule has 0 aliphatic carbocycles. The second-order valence-electron chi connectivity index (χ2n) is 5.02.